The summed E-state index contributed by atoms with van der Waals surface area (Å²) in [6.45, 7) is -0.536. The van der Waals surface area contributed by atoms with Gasteiger partial charge in [0.05, 0.1) is 0 Å². The SMILES string of the molecule is CN1C2CCCC1CC(NC(=O)NOCC(=O)O)C2. The molecule has 2 bridgehead atoms. The minimum atomic E-state index is -1.12. The average molecular weight is 271 g/mol. The Labute approximate surface area is 112 Å². The van der Waals surface area contributed by atoms with E-state index in [1.807, 2.05) is 0 Å². The molecule has 0 aliphatic carbocycles. The van der Waals surface area contributed by atoms with Gasteiger partial charge in [-0.2, -0.15) is 0 Å². The van der Waals surface area contributed by atoms with Crippen LogP contribution in [0.2, 0.25) is 0 Å². The number of amides is 2. The largest absolute Gasteiger partial charge is 0.479 e. The van der Waals surface area contributed by atoms with Crippen LogP contribution in [0.15, 0.2) is 0 Å². The Morgan fingerprint density at radius 1 is 1.32 bits per heavy atom. The Hall–Kier alpha value is -1.34. The van der Waals surface area contributed by atoms with E-state index in [-0.39, 0.29) is 6.04 Å². The van der Waals surface area contributed by atoms with Gasteiger partial charge in [-0.25, -0.2) is 15.1 Å². The number of carboxylic acid groups (broad SMARTS) is 1. The lowest BCUT2D eigenvalue weighted by Crippen LogP contribution is -2.56. The molecule has 0 saturated carbocycles. The average Bonchev–Trinajstić information content (AvgIpc) is 2.30. The van der Waals surface area contributed by atoms with E-state index in [0.717, 1.165) is 12.8 Å². The lowest BCUT2D eigenvalue weighted by Gasteiger charge is -2.47. The van der Waals surface area contributed by atoms with Crippen molar-refractivity contribution in [1.82, 2.24) is 15.7 Å². The van der Waals surface area contributed by atoms with E-state index in [1.54, 1.807) is 0 Å². The molecule has 2 heterocycles. The summed E-state index contributed by atoms with van der Waals surface area (Å²) in [5.41, 5.74) is 2.09. The van der Waals surface area contributed by atoms with E-state index < -0.39 is 18.6 Å². The molecule has 2 aliphatic heterocycles. The van der Waals surface area contributed by atoms with Crippen molar-refractivity contribution in [1.29, 1.82) is 0 Å². The van der Waals surface area contributed by atoms with Gasteiger partial charge in [-0.05, 0) is 32.7 Å². The molecule has 2 saturated heterocycles. The lowest BCUT2D eigenvalue weighted by atomic mass is 9.82. The number of hydrogen-bond acceptors (Lipinski definition) is 4. The van der Waals surface area contributed by atoms with Crippen molar-refractivity contribution < 1.29 is 19.5 Å². The molecule has 0 aromatic rings. The highest BCUT2D eigenvalue weighted by molar-refractivity contribution is 5.73. The van der Waals surface area contributed by atoms with Gasteiger partial charge < -0.3 is 15.3 Å². The molecule has 7 nitrogen and oxygen atoms in total. The van der Waals surface area contributed by atoms with Gasteiger partial charge in [-0.1, -0.05) is 6.42 Å². The number of aliphatic carboxylic acids is 1. The molecular formula is C12H21N3O4. The number of nitrogens with one attached hydrogen (secondary N) is 2. The van der Waals surface area contributed by atoms with E-state index in [0.29, 0.717) is 12.1 Å². The van der Waals surface area contributed by atoms with E-state index in [9.17, 15) is 9.59 Å². The van der Waals surface area contributed by atoms with Gasteiger partial charge in [0.25, 0.3) is 0 Å². The van der Waals surface area contributed by atoms with Crippen LogP contribution in [0, 0.1) is 0 Å². The van der Waals surface area contributed by atoms with Crippen LogP contribution in [0.3, 0.4) is 0 Å². The summed E-state index contributed by atoms with van der Waals surface area (Å²) in [6, 6.07) is 0.754. The summed E-state index contributed by atoms with van der Waals surface area (Å²) in [5, 5.41) is 11.2. The molecule has 2 unspecified atom stereocenters. The Morgan fingerprint density at radius 2 is 1.95 bits per heavy atom. The van der Waals surface area contributed by atoms with Gasteiger partial charge in [0.2, 0.25) is 0 Å². The number of fused-ring (bicyclic) bond motifs is 2. The van der Waals surface area contributed by atoms with Gasteiger partial charge in [-0.3, -0.25) is 4.84 Å². The molecule has 0 spiro atoms. The van der Waals surface area contributed by atoms with E-state index >= 15 is 0 Å². The third kappa shape index (κ3) is 3.81. The topological polar surface area (TPSA) is 90.9 Å². The monoisotopic (exact) mass is 271 g/mol. The summed E-state index contributed by atoms with van der Waals surface area (Å²) >= 11 is 0. The third-order valence-electron chi connectivity index (χ3n) is 4.04. The van der Waals surface area contributed by atoms with E-state index in [2.05, 4.69) is 27.6 Å². The van der Waals surface area contributed by atoms with Gasteiger partial charge in [0, 0.05) is 18.1 Å². The second kappa shape index (κ2) is 6.21. The normalized spacial score (nSPS) is 30.7. The first-order valence-electron chi connectivity index (χ1n) is 6.68. The van der Waals surface area contributed by atoms with Crippen molar-refractivity contribution in [3.63, 3.8) is 0 Å². The highest BCUT2D eigenvalue weighted by atomic mass is 16.7. The zero-order valence-corrected chi connectivity index (χ0v) is 11.1. The standard InChI is InChI=1S/C12H21N3O4/c1-15-9-3-2-4-10(15)6-8(5-9)13-12(18)14-19-7-11(16)17/h8-10H,2-7H2,1H3,(H,16,17)(H2,13,14,18). The molecule has 2 fully saturated rings. The first-order valence-corrected chi connectivity index (χ1v) is 6.68. The minimum absolute atomic E-state index is 0.139. The molecule has 2 aliphatic rings. The number of rotatable bonds is 4. The fourth-order valence-electron chi connectivity index (χ4n) is 3.11. The van der Waals surface area contributed by atoms with Crippen LogP contribution in [0.25, 0.3) is 0 Å². The maximum absolute atomic E-state index is 11.5. The molecule has 2 amide bonds. The van der Waals surface area contributed by atoms with E-state index in [1.165, 1.54) is 19.3 Å². The van der Waals surface area contributed by atoms with Crippen molar-refractivity contribution in [2.45, 2.75) is 50.2 Å². The smallest absolute Gasteiger partial charge is 0.338 e. The van der Waals surface area contributed by atoms with Crippen LogP contribution >= 0.6 is 0 Å². The van der Waals surface area contributed by atoms with Gasteiger partial charge in [-0.15, -0.1) is 0 Å². The molecule has 3 N–H and O–H groups in total. The summed E-state index contributed by atoms with van der Waals surface area (Å²) < 4.78 is 0. The Bertz CT molecular complexity index is 336. The number of carbonyl (C=O) groups excluding carboxylic acids is 1. The van der Waals surface area contributed by atoms with Crippen LogP contribution in [-0.4, -0.2) is 53.8 Å². The predicted octanol–water partition coefficient (Wildman–Crippen LogP) is 0.317. The molecule has 0 aromatic heterocycles. The molecule has 7 heteroatoms. The molecular weight excluding hydrogens is 250 g/mol. The quantitative estimate of drug-likeness (QED) is 0.640. The summed E-state index contributed by atoms with van der Waals surface area (Å²) in [5.74, 6) is -1.12. The van der Waals surface area contributed by atoms with Crippen molar-refractivity contribution in [3.05, 3.63) is 0 Å². The molecule has 0 aromatic carbocycles. The number of urea groups is 1. The number of nitrogens with zero attached hydrogens (tertiary/aromatic N) is 1. The second-order valence-corrected chi connectivity index (χ2v) is 5.33. The molecule has 0 radical (unpaired) electrons. The highest BCUT2D eigenvalue weighted by Gasteiger charge is 2.36. The third-order valence-corrected chi connectivity index (χ3v) is 4.04. The Balaban J connectivity index is 1.74. The minimum Gasteiger partial charge on any atom is -0.479 e. The zero-order chi connectivity index (χ0) is 13.8. The van der Waals surface area contributed by atoms with Crippen molar-refractivity contribution in [2.75, 3.05) is 13.7 Å². The fraction of sp³-hybridized carbons (Fsp3) is 0.833. The van der Waals surface area contributed by atoms with Crippen LogP contribution in [-0.2, 0) is 9.63 Å². The molecule has 108 valence electrons. The molecule has 2 rings (SSSR count). The van der Waals surface area contributed by atoms with E-state index in [4.69, 9.17) is 5.11 Å². The summed E-state index contributed by atoms with van der Waals surface area (Å²) in [7, 11) is 2.15. The zero-order valence-electron chi connectivity index (χ0n) is 11.1. The Morgan fingerprint density at radius 3 is 2.53 bits per heavy atom. The van der Waals surface area contributed by atoms with Crippen LogP contribution in [0.1, 0.15) is 32.1 Å². The number of piperidine rings is 2. The fourth-order valence-corrected chi connectivity index (χ4v) is 3.11. The highest BCUT2D eigenvalue weighted by Crippen LogP contribution is 2.32. The number of hydroxylamine groups is 1. The first-order chi connectivity index (χ1) is 9.06. The molecule has 2 atom stereocenters. The summed E-state index contributed by atoms with van der Waals surface area (Å²) in [6.07, 6.45) is 5.52. The van der Waals surface area contributed by atoms with Crippen LogP contribution < -0.4 is 10.8 Å². The maximum Gasteiger partial charge on any atom is 0.338 e. The number of hydrogen-bond donors (Lipinski definition) is 3. The Kier molecular flexibility index (Phi) is 4.60. The van der Waals surface area contributed by atoms with Crippen molar-refractivity contribution >= 4 is 12.0 Å². The van der Waals surface area contributed by atoms with Crippen molar-refractivity contribution in [2.24, 2.45) is 0 Å². The van der Waals surface area contributed by atoms with Gasteiger partial charge in [0.1, 0.15) is 0 Å². The first kappa shape index (κ1) is 14.1. The van der Waals surface area contributed by atoms with Gasteiger partial charge >= 0.3 is 12.0 Å². The number of carbonyl (C=O) groups is 2. The van der Waals surface area contributed by atoms with Gasteiger partial charge in [0.15, 0.2) is 6.61 Å². The maximum atomic E-state index is 11.5. The summed E-state index contributed by atoms with van der Waals surface area (Å²) in [4.78, 5) is 28.7. The lowest BCUT2D eigenvalue weighted by molar-refractivity contribution is -0.144. The van der Waals surface area contributed by atoms with Crippen molar-refractivity contribution in [3.8, 4) is 0 Å². The van der Waals surface area contributed by atoms with Crippen LogP contribution in [0.5, 0.6) is 0 Å². The van der Waals surface area contributed by atoms with Crippen LogP contribution in [0.4, 0.5) is 4.79 Å². The predicted molar refractivity (Wildman–Crippen MR) is 67.5 cm³/mol. The number of carboxylic acids is 1. The molecule has 19 heavy (non-hydrogen) atoms. The second-order valence-electron chi connectivity index (χ2n) is 5.33.